The molecule has 0 saturated carbocycles. The van der Waals surface area contributed by atoms with Crippen LogP contribution in [0.15, 0.2) is 78.2 Å². The topological polar surface area (TPSA) is 69.9 Å². The lowest BCUT2D eigenvalue weighted by molar-refractivity contribution is 0.0994. The van der Waals surface area contributed by atoms with Gasteiger partial charge in [0.1, 0.15) is 5.75 Å². The number of benzene rings is 2. The predicted molar refractivity (Wildman–Crippen MR) is 127 cm³/mol. The van der Waals surface area contributed by atoms with Crippen LogP contribution in [0.5, 0.6) is 5.75 Å². The number of carbonyl (C=O) groups is 1. The minimum absolute atomic E-state index is 0.00385. The zero-order valence-electron chi connectivity index (χ0n) is 17.6. The van der Waals surface area contributed by atoms with Gasteiger partial charge in [0.25, 0.3) is 0 Å². The van der Waals surface area contributed by atoms with E-state index in [1.165, 1.54) is 11.8 Å². The number of ether oxygens (including phenoxy) is 1. The Morgan fingerprint density at radius 3 is 2.50 bits per heavy atom. The molecule has 0 aliphatic carbocycles. The number of halogens is 1. The van der Waals surface area contributed by atoms with Gasteiger partial charge in [0.05, 0.1) is 11.9 Å². The maximum Gasteiger partial charge on any atom is 0.196 e. The third-order valence-electron chi connectivity index (χ3n) is 4.74. The largest absolute Gasteiger partial charge is 0.494 e. The second-order valence-corrected chi connectivity index (χ2v) is 8.69. The Bertz CT molecular complexity index is 1200. The van der Waals surface area contributed by atoms with Gasteiger partial charge in [-0.15, -0.1) is 10.2 Å². The molecule has 1 atom stereocenters. The highest BCUT2D eigenvalue weighted by Gasteiger charge is 2.23. The first-order valence-electron chi connectivity index (χ1n) is 10.1. The lowest BCUT2D eigenvalue weighted by atomic mass is 10.1. The van der Waals surface area contributed by atoms with Crippen LogP contribution in [-0.4, -0.2) is 37.4 Å². The molecule has 6 nitrogen and oxygen atoms in total. The molecule has 4 aromatic rings. The van der Waals surface area contributed by atoms with Crippen LogP contribution >= 0.6 is 23.4 Å². The van der Waals surface area contributed by atoms with E-state index in [2.05, 4.69) is 15.2 Å². The number of rotatable bonds is 8. The summed E-state index contributed by atoms with van der Waals surface area (Å²) in [4.78, 5) is 17.2. The fraction of sp³-hybridized carbons (Fsp3) is 0.167. The van der Waals surface area contributed by atoms with Gasteiger partial charge in [-0.25, -0.2) is 0 Å². The van der Waals surface area contributed by atoms with E-state index >= 15 is 0 Å². The average molecular weight is 465 g/mol. The van der Waals surface area contributed by atoms with Gasteiger partial charge in [-0.05, 0) is 74.5 Å². The number of ketones is 1. The Kier molecular flexibility index (Phi) is 6.87. The molecule has 0 fully saturated rings. The molecule has 8 heteroatoms. The van der Waals surface area contributed by atoms with E-state index in [0.29, 0.717) is 28.2 Å². The van der Waals surface area contributed by atoms with Crippen LogP contribution in [0.2, 0.25) is 5.02 Å². The maximum atomic E-state index is 13.0. The van der Waals surface area contributed by atoms with Crippen molar-refractivity contribution in [2.45, 2.75) is 24.3 Å². The molecule has 162 valence electrons. The standard InChI is InChI=1S/C24H21ClN4O2S/c1-3-31-21-12-10-20(11-13-21)29-23(18-5-4-14-26-15-18)27-28-24(29)32-16(2)22(30)17-6-8-19(25)9-7-17/h4-16H,3H2,1-2H3. The Morgan fingerprint density at radius 1 is 1.09 bits per heavy atom. The van der Waals surface area contributed by atoms with E-state index in [-0.39, 0.29) is 11.0 Å². The van der Waals surface area contributed by atoms with Gasteiger partial charge in [0.15, 0.2) is 16.8 Å². The fourth-order valence-corrected chi connectivity index (χ4v) is 4.25. The number of pyridine rings is 1. The van der Waals surface area contributed by atoms with Crippen LogP contribution in [-0.2, 0) is 0 Å². The van der Waals surface area contributed by atoms with E-state index in [9.17, 15) is 4.79 Å². The van der Waals surface area contributed by atoms with Gasteiger partial charge in [0.2, 0.25) is 0 Å². The molecular weight excluding hydrogens is 444 g/mol. The molecule has 0 bridgehead atoms. The fourth-order valence-electron chi connectivity index (χ4n) is 3.18. The van der Waals surface area contributed by atoms with Crippen molar-refractivity contribution in [1.82, 2.24) is 19.7 Å². The predicted octanol–water partition coefficient (Wildman–Crippen LogP) is 5.74. The van der Waals surface area contributed by atoms with Gasteiger partial charge in [-0.2, -0.15) is 0 Å². The van der Waals surface area contributed by atoms with E-state index in [1.54, 1.807) is 36.7 Å². The van der Waals surface area contributed by atoms with Crippen molar-refractivity contribution in [2.24, 2.45) is 0 Å². The van der Waals surface area contributed by atoms with Gasteiger partial charge in [0, 0.05) is 34.2 Å². The first-order chi connectivity index (χ1) is 15.6. The minimum Gasteiger partial charge on any atom is -0.494 e. The summed E-state index contributed by atoms with van der Waals surface area (Å²) in [7, 11) is 0. The number of aromatic nitrogens is 4. The highest BCUT2D eigenvalue weighted by Crippen LogP contribution is 2.31. The third kappa shape index (κ3) is 4.84. The first-order valence-corrected chi connectivity index (χ1v) is 11.4. The van der Waals surface area contributed by atoms with Crippen LogP contribution in [0, 0.1) is 0 Å². The summed E-state index contributed by atoms with van der Waals surface area (Å²) in [6, 6.07) is 18.4. The summed E-state index contributed by atoms with van der Waals surface area (Å²) in [6.07, 6.45) is 3.45. The second kappa shape index (κ2) is 9.97. The molecule has 2 aromatic carbocycles. The highest BCUT2D eigenvalue weighted by atomic mass is 35.5. The molecule has 32 heavy (non-hydrogen) atoms. The van der Waals surface area contributed by atoms with Crippen LogP contribution in [0.4, 0.5) is 0 Å². The molecule has 1 unspecified atom stereocenters. The Morgan fingerprint density at radius 2 is 1.84 bits per heavy atom. The highest BCUT2D eigenvalue weighted by molar-refractivity contribution is 8.00. The Labute approximate surface area is 195 Å². The molecule has 0 aliphatic rings. The zero-order valence-corrected chi connectivity index (χ0v) is 19.2. The molecular formula is C24H21ClN4O2S. The number of thioether (sulfide) groups is 1. The van der Waals surface area contributed by atoms with E-state index < -0.39 is 0 Å². The molecule has 2 aromatic heterocycles. The van der Waals surface area contributed by atoms with Crippen molar-refractivity contribution in [1.29, 1.82) is 0 Å². The minimum atomic E-state index is -0.372. The van der Waals surface area contributed by atoms with Gasteiger partial charge >= 0.3 is 0 Å². The SMILES string of the molecule is CCOc1ccc(-n2c(SC(C)C(=O)c3ccc(Cl)cc3)nnc2-c2cccnc2)cc1. The summed E-state index contributed by atoms with van der Waals surface area (Å²) in [5, 5.41) is 9.65. The van der Waals surface area contributed by atoms with E-state index in [4.69, 9.17) is 16.3 Å². The summed E-state index contributed by atoms with van der Waals surface area (Å²) in [6.45, 7) is 4.41. The second-order valence-electron chi connectivity index (χ2n) is 6.94. The van der Waals surface area contributed by atoms with Crippen LogP contribution in [0.3, 0.4) is 0 Å². The smallest absolute Gasteiger partial charge is 0.196 e. The maximum absolute atomic E-state index is 13.0. The van der Waals surface area contributed by atoms with Crippen LogP contribution in [0.1, 0.15) is 24.2 Å². The van der Waals surface area contributed by atoms with Crippen LogP contribution < -0.4 is 4.74 Å². The van der Waals surface area contributed by atoms with E-state index in [0.717, 1.165) is 17.0 Å². The monoisotopic (exact) mass is 464 g/mol. The molecule has 4 rings (SSSR count). The third-order valence-corrected chi connectivity index (χ3v) is 6.03. The molecule has 0 radical (unpaired) electrons. The first kappa shape index (κ1) is 22.0. The Hall–Kier alpha value is -3.16. The lowest BCUT2D eigenvalue weighted by Gasteiger charge is -2.14. The van der Waals surface area contributed by atoms with Gasteiger partial charge in [-0.3, -0.25) is 14.3 Å². The van der Waals surface area contributed by atoms with Crippen LogP contribution in [0.25, 0.3) is 17.1 Å². The number of Topliss-reactive ketones (excluding diaryl/α,β-unsaturated/α-hetero) is 1. The van der Waals surface area contributed by atoms with Crippen molar-refractivity contribution in [3.05, 3.63) is 83.6 Å². The molecule has 0 saturated heterocycles. The summed E-state index contributed by atoms with van der Waals surface area (Å²) < 4.78 is 7.50. The van der Waals surface area contributed by atoms with Gasteiger partial charge < -0.3 is 4.74 Å². The van der Waals surface area contributed by atoms with Crippen molar-refractivity contribution in [3.8, 4) is 22.8 Å². The molecule has 0 N–H and O–H groups in total. The molecule has 2 heterocycles. The van der Waals surface area contributed by atoms with Crippen molar-refractivity contribution < 1.29 is 9.53 Å². The summed E-state index contributed by atoms with van der Waals surface area (Å²) in [5.41, 5.74) is 2.30. The number of nitrogens with zero attached hydrogens (tertiary/aromatic N) is 4. The van der Waals surface area contributed by atoms with Crippen molar-refractivity contribution >= 4 is 29.1 Å². The summed E-state index contributed by atoms with van der Waals surface area (Å²) >= 11 is 7.31. The Balaban J connectivity index is 1.69. The average Bonchev–Trinajstić information content (AvgIpc) is 3.24. The summed E-state index contributed by atoms with van der Waals surface area (Å²) in [5.74, 6) is 1.43. The number of carbonyl (C=O) groups excluding carboxylic acids is 1. The number of hydrogen-bond donors (Lipinski definition) is 0. The van der Waals surface area contributed by atoms with E-state index in [1.807, 2.05) is 54.8 Å². The van der Waals surface area contributed by atoms with Gasteiger partial charge in [-0.1, -0.05) is 23.4 Å². The zero-order chi connectivity index (χ0) is 22.5. The quantitative estimate of drug-likeness (QED) is 0.244. The molecule has 0 aliphatic heterocycles. The molecule has 0 spiro atoms. The van der Waals surface area contributed by atoms with Crippen molar-refractivity contribution in [2.75, 3.05) is 6.61 Å². The number of hydrogen-bond acceptors (Lipinski definition) is 6. The van der Waals surface area contributed by atoms with Crippen molar-refractivity contribution in [3.63, 3.8) is 0 Å². The lowest BCUT2D eigenvalue weighted by Crippen LogP contribution is -2.14. The normalized spacial score (nSPS) is 11.8. The molecule has 0 amide bonds.